The smallest absolute Gasteiger partial charge is 0.312 e. The van der Waals surface area contributed by atoms with Crippen LogP contribution < -0.4 is 11.1 Å². The van der Waals surface area contributed by atoms with Gasteiger partial charge in [-0.15, -0.1) is 0 Å². The van der Waals surface area contributed by atoms with E-state index < -0.39 is 0 Å². The Bertz CT molecular complexity index is 136. The van der Waals surface area contributed by atoms with Crippen LogP contribution in [-0.2, 0) is 0 Å². The van der Waals surface area contributed by atoms with Crippen molar-refractivity contribution >= 4 is 6.03 Å². The maximum Gasteiger partial charge on any atom is 0.312 e. The van der Waals surface area contributed by atoms with E-state index in [2.05, 4.69) is 12.2 Å². The van der Waals surface area contributed by atoms with Gasteiger partial charge in [-0.3, -0.25) is 0 Å². The van der Waals surface area contributed by atoms with Crippen LogP contribution in [0.4, 0.5) is 4.79 Å². The number of nitrogens with one attached hydrogen (secondary N) is 1. The second kappa shape index (κ2) is 2.90. The molecule has 1 aliphatic carbocycles. The highest BCUT2D eigenvalue weighted by Crippen LogP contribution is 2.24. The SMILES string of the molecule is C[C@@H]1CC[C@H](NC(N)=O)C1. The van der Waals surface area contributed by atoms with Crippen molar-refractivity contribution in [1.29, 1.82) is 0 Å². The van der Waals surface area contributed by atoms with Crippen molar-refractivity contribution in [3.8, 4) is 0 Å². The van der Waals surface area contributed by atoms with Gasteiger partial charge < -0.3 is 11.1 Å². The first-order valence-electron chi connectivity index (χ1n) is 3.74. The van der Waals surface area contributed by atoms with E-state index in [1.54, 1.807) is 0 Å². The van der Waals surface area contributed by atoms with Crippen LogP contribution in [0, 0.1) is 5.92 Å². The summed E-state index contributed by atoms with van der Waals surface area (Å²) in [6.07, 6.45) is 3.39. The fourth-order valence-corrected chi connectivity index (χ4v) is 1.54. The van der Waals surface area contributed by atoms with Gasteiger partial charge in [0.15, 0.2) is 0 Å². The highest BCUT2D eigenvalue weighted by atomic mass is 16.2. The molecule has 3 N–H and O–H groups in total. The number of carbonyl (C=O) groups is 1. The predicted molar refractivity (Wildman–Crippen MR) is 39.5 cm³/mol. The molecule has 0 spiro atoms. The maximum atomic E-state index is 10.4. The lowest BCUT2D eigenvalue weighted by Gasteiger charge is -2.08. The fourth-order valence-electron chi connectivity index (χ4n) is 1.54. The molecule has 0 radical (unpaired) electrons. The summed E-state index contributed by atoms with van der Waals surface area (Å²) in [6.45, 7) is 2.20. The van der Waals surface area contributed by atoms with E-state index in [9.17, 15) is 4.79 Å². The minimum absolute atomic E-state index is 0.340. The predicted octanol–water partition coefficient (Wildman–Crippen LogP) is 0.843. The topological polar surface area (TPSA) is 55.1 Å². The van der Waals surface area contributed by atoms with Crippen LogP contribution in [0.1, 0.15) is 26.2 Å². The van der Waals surface area contributed by atoms with Gasteiger partial charge in [0.2, 0.25) is 0 Å². The first-order chi connectivity index (χ1) is 4.68. The Morgan fingerprint density at radius 1 is 1.60 bits per heavy atom. The molecule has 10 heavy (non-hydrogen) atoms. The molecule has 1 fully saturated rings. The highest BCUT2D eigenvalue weighted by molar-refractivity contribution is 5.71. The molecule has 0 unspecified atom stereocenters. The highest BCUT2D eigenvalue weighted by Gasteiger charge is 2.21. The lowest BCUT2D eigenvalue weighted by Crippen LogP contribution is -2.36. The van der Waals surface area contributed by atoms with Crippen molar-refractivity contribution in [2.75, 3.05) is 0 Å². The minimum atomic E-state index is -0.390. The molecule has 0 bridgehead atoms. The van der Waals surface area contributed by atoms with E-state index in [-0.39, 0.29) is 6.03 Å². The molecule has 1 rings (SSSR count). The van der Waals surface area contributed by atoms with Crippen LogP contribution in [0.2, 0.25) is 0 Å². The number of primary amides is 1. The van der Waals surface area contributed by atoms with Crippen LogP contribution in [-0.4, -0.2) is 12.1 Å². The van der Waals surface area contributed by atoms with Gasteiger partial charge in [0.25, 0.3) is 0 Å². The van der Waals surface area contributed by atoms with Crippen molar-refractivity contribution < 1.29 is 4.79 Å². The summed E-state index contributed by atoms with van der Waals surface area (Å²) in [7, 11) is 0. The monoisotopic (exact) mass is 142 g/mol. The summed E-state index contributed by atoms with van der Waals surface area (Å²) in [5.41, 5.74) is 4.97. The van der Waals surface area contributed by atoms with Gasteiger partial charge in [-0.1, -0.05) is 6.92 Å². The minimum Gasteiger partial charge on any atom is -0.352 e. The van der Waals surface area contributed by atoms with E-state index in [4.69, 9.17) is 5.73 Å². The zero-order chi connectivity index (χ0) is 7.56. The second-order valence-electron chi connectivity index (χ2n) is 3.12. The Kier molecular flexibility index (Phi) is 2.14. The van der Waals surface area contributed by atoms with Gasteiger partial charge in [-0.2, -0.15) is 0 Å². The number of nitrogens with two attached hydrogens (primary N) is 1. The standard InChI is InChI=1S/C7H14N2O/c1-5-2-3-6(4-5)9-7(8)10/h5-6H,2-4H2,1H3,(H3,8,9,10)/t5-,6+/m1/s1. The molecule has 0 aromatic carbocycles. The average Bonchev–Trinajstić information content (AvgIpc) is 2.13. The Labute approximate surface area is 61.0 Å². The Morgan fingerprint density at radius 2 is 2.30 bits per heavy atom. The Hall–Kier alpha value is -0.730. The van der Waals surface area contributed by atoms with Gasteiger partial charge in [-0.05, 0) is 25.2 Å². The van der Waals surface area contributed by atoms with Crippen LogP contribution in [0.25, 0.3) is 0 Å². The number of hydrogen-bond acceptors (Lipinski definition) is 1. The van der Waals surface area contributed by atoms with Gasteiger partial charge in [0, 0.05) is 6.04 Å². The molecule has 0 saturated heterocycles. The lowest BCUT2D eigenvalue weighted by atomic mass is 10.1. The summed E-state index contributed by atoms with van der Waals surface area (Å²) in [4.78, 5) is 10.4. The molecule has 1 saturated carbocycles. The summed E-state index contributed by atoms with van der Waals surface area (Å²) >= 11 is 0. The molecule has 2 amide bonds. The van der Waals surface area contributed by atoms with Gasteiger partial charge >= 0.3 is 6.03 Å². The molecule has 58 valence electrons. The molecule has 0 aromatic heterocycles. The Morgan fingerprint density at radius 3 is 2.70 bits per heavy atom. The van der Waals surface area contributed by atoms with Crippen LogP contribution in [0.15, 0.2) is 0 Å². The van der Waals surface area contributed by atoms with Gasteiger partial charge in [0.05, 0.1) is 0 Å². The maximum absolute atomic E-state index is 10.4. The van der Waals surface area contributed by atoms with Crippen molar-refractivity contribution in [3.63, 3.8) is 0 Å². The molecule has 0 aromatic rings. The van der Waals surface area contributed by atoms with Crippen LogP contribution in [0.3, 0.4) is 0 Å². The van der Waals surface area contributed by atoms with E-state index in [1.807, 2.05) is 0 Å². The third kappa shape index (κ3) is 1.90. The third-order valence-electron chi connectivity index (χ3n) is 2.04. The summed E-state index contributed by atoms with van der Waals surface area (Å²) < 4.78 is 0. The first kappa shape index (κ1) is 7.38. The fraction of sp³-hybridized carbons (Fsp3) is 0.857. The van der Waals surface area contributed by atoms with Crippen LogP contribution >= 0.6 is 0 Å². The van der Waals surface area contributed by atoms with Crippen molar-refractivity contribution in [2.24, 2.45) is 11.7 Å². The van der Waals surface area contributed by atoms with E-state index >= 15 is 0 Å². The largest absolute Gasteiger partial charge is 0.352 e. The van der Waals surface area contributed by atoms with E-state index in [0.717, 1.165) is 18.8 Å². The van der Waals surface area contributed by atoms with Crippen LogP contribution in [0.5, 0.6) is 0 Å². The molecule has 3 heteroatoms. The number of rotatable bonds is 1. The Balaban J connectivity index is 2.24. The van der Waals surface area contributed by atoms with Crippen molar-refractivity contribution in [1.82, 2.24) is 5.32 Å². The van der Waals surface area contributed by atoms with E-state index in [0.29, 0.717) is 6.04 Å². The molecule has 3 nitrogen and oxygen atoms in total. The molecule has 0 heterocycles. The molecule has 0 aliphatic heterocycles. The number of urea groups is 1. The quantitative estimate of drug-likeness (QED) is 0.560. The number of amides is 2. The van der Waals surface area contributed by atoms with Crippen molar-refractivity contribution in [2.45, 2.75) is 32.2 Å². The first-order valence-corrected chi connectivity index (χ1v) is 3.74. The molecule has 1 aliphatic rings. The third-order valence-corrected chi connectivity index (χ3v) is 2.04. The lowest BCUT2D eigenvalue weighted by molar-refractivity contribution is 0.245. The number of carbonyl (C=O) groups excluding carboxylic acids is 1. The summed E-state index contributed by atoms with van der Waals surface area (Å²) in [5.74, 6) is 0.747. The molecular formula is C7H14N2O. The van der Waals surface area contributed by atoms with E-state index in [1.165, 1.54) is 6.42 Å². The van der Waals surface area contributed by atoms with Crippen molar-refractivity contribution in [3.05, 3.63) is 0 Å². The molecular weight excluding hydrogens is 128 g/mol. The summed E-state index contributed by atoms with van der Waals surface area (Å²) in [5, 5.41) is 2.71. The van der Waals surface area contributed by atoms with Gasteiger partial charge in [0.1, 0.15) is 0 Å². The van der Waals surface area contributed by atoms with Gasteiger partial charge in [-0.25, -0.2) is 4.79 Å². The second-order valence-corrected chi connectivity index (χ2v) is 3.12. The average molecular weight is 142 g/mol. The number of hydrogen-bond donors (Lipinski definition) is 2. The zero-order valence-electron chi connectivity index (χ0n) is 6.26. The normalized spacial score (nSPS) is 32.1. The molecule has 2 atom stereocenters. The summed E-state index contributed by atoms with van der Waals surface area (Å²) in [6, 6.07) is -0.0494. The zero-order valence-corrected chi connectivity index (χ0v) is 6.26.